The van der Waals surface area contributed by atoms with E-state index in [1.54, 1.807) is 0 Å². The van der Waals surface area contributed by atoms with Crippen molar-refractivity contribution in [2.24, 2.45) is 0 Å². The summed E-state index contributed by atoms with van der Waals surface area (Å²) in [5.41, 5.74) is 5.13. The van der Waals surface area contributed by atoms with Crippen molar-refractivity contribution in [1.82, 2.24) is 10.3 Å². The van der Waals surface area contributed by atoms with Gasteiger partial charge >= 0.3 is 0 Å². The smallest absolute Gasteiger partial charge is 0.251 e. The normalized spacial score (nSPS) is 14.1. The Bertz CT molecular complexity index is 660. The molecule has 1 aromatic carbocycles. The van der Waals surface area contributed by atoms with Gasteiger partial charge in [-0.1, -0.05) is 6.07 Å². The fourth-order valence-electron chi connectivity index (χ4n) is 2.27. The molecule has 0 atom stereocenters. The zero-order chi connectivity index (χ0) is 14.1. The minimum Gasteiger partial charge on any atom is -0.349 e. The number of nitrogens with zero attached hydrogens (tertiary/aromatic N) is 1. The third-order valence-electron chi connectivity index (χ3n) is 3.60. The van der Waals surface area contributed by atoms with Crippen molar-refractivity contribution in [1.29, 1.82) is 0 Å². The first-order valence-electron chi connectivity index (χ1n) is 6.97. The largest absolute Gasteiger partial charge is 0.349 e. The molecule has 1 aromatic heterocycles. The molecule has 1 fully saturated rings. The van der Waals surface area contributed by atoms with Crippen molar-refractivity contribution >= 4 is 5.91 Å². The standard InChI is InChI=1S/C17H18N2O/c1-11-7-14(10-18-9-11)16-8-13(4-3-12(16)2)17(20)19-15-5-6-15/h3-4,7-10,15H,5-6H2,1-2H3,(H,19,20). The summed E-state index contributed by atoms with van der Waals surface area (Å²) in [4.78, 5) is 16.4. The van der Waals surface area contributed by atoms with E-state index in [2.05, 4.69) is 23.3 Å². The number of benzene rings is 1. The molecule has 3 rings (SSSR count). The molecule has 1 aliphatic carbocycles. The number of hydrogen-bond acceptors (Lipinski definition) is 2. The van der Waals surface area contributed by atoms with Crippen LogP contribution in [0.2, 0.25) is 0 Å². The lowest BCUT2D eigenvalue weighted by Gasteiger charge is -2.10. The van der Waals surface area contributed by atoms with E-state index in [0.717, 1.165) is 40.7 Å². The second-order valence-corrected chi connectivity index (χ2v) is 5.53. The molecule has 3 heteroatoms. The van der Waals surface area contributed by atoms with Crippen LogP contribution in [0, 0.1) is 13.8 Å². The lowest BCUT2D eigenvalue weighted by Crippen LogP contribution is -2.25. The van der Waals surface area contributed by atoms with Gasteiger partial charge in [-0.2, -0.15) is 0 Å². The summed E-state index contributed by atoms with van der Waals surface area (Å²) >= 11 is 0. The van der Waals surface area contributed by atoms with Crippen molar-refractivity contribution in [3.05, 3.63) is 53.3 Å². The maximum absolute atomic E-state index is 12.1. The summed E-state index contributed by atoms with van der Waals surface area (Å²) in [7, 11) is 0. The Balaban J connectivity index is 1.95. The van der Waals surface area contributed by atoms with Gasteiger partial charge in [-0.05, 0) is 61.6 Å². The van der Waals surface area contributed by atoms with Crippen molar-refractivity contribution < 1.29 is 4.79 Å². The minimum absolute atomic E-state index is 0.0226. The molecule has 3 nitrogen and oxygen atoms in total. The van der Waals surface area contributed by atoms with E-state index in [0.29, 0.717) is 6.04 Å². The van der Waals surface area contributed by atoms with Crippen LogP contribution in [0.3, 0.4) is 0 Å². The number of aromatic nitrogens is 1. The van der Waals surface area contributed by atoms with Crippen LogP contribution in [-0.2, 0) is 0 Å². The zero-order valence-electron chi connectivity index (χ0n) is 11.8. The Morgan fingerprint density at radius 1 is 1.20 bits per heavy atom. The second-order valence-electron chi connectivity index (χ2n) is 5.53. The molecular formula is C17H18N2O. The van der Waals surface area contributed by atoms with Crippen LogP contribution in [-0.4, -0.2) is 16.9 Å². The van der Waals surface area contributed by atoms with Gasteiger partial charge in [0.05, 0.1) is 0 Å². The van der Waals surface area contributed by atoms with E-state index in [-0.39, 0.29) is 5.91 Å². The van der Waals surface area contributed by atoms with E-state index in [9.17, 15) is 4.79 Å². The molecule has 1 heterocycles. The van der Waals surface area contributed by atoms with Crippen LogP contribution < -0.4 is 5.32 Å². The van der Waals surface area contributed by atoms with Crippen molar-refractivity contribution in [3.63, 3.8) is 0 Å². The topological polar surface area (TPSA) is 42.0 Å². The highest BCUT2D eigenvalue weighted by molar-refractivity contribution is 5.96. The first kappa shape index (κ1) is 12.9. The third kappa shape index (κ3) is 2.72. The predicted octanol–water partition coefficient (Wildman–Crippen LogP) is 3.26. The van der Waals surface area contributed by atoms with Crippen molar-refractivity contribution in [3.8, 4) is 11.1 Å². The fourth-order valence-corrected chi connectivity index (χ4v) is 2.27. The number of hydrogen-bond donors (Lipinski definition) is 1. The van der Waals surface area contributed by atoms with E-state index in [1.165, 1.54) is 0 Å². The van der Waals surface area contributed by atoms with Gasteiger partial charge in [-0.3, -0.25) is 9.78 Å². The number of rotatable bonds is 3. The van der Waals surface area contributed by atoms with Crippen molar-refractivity contribution in [2.75, 3.05) is 0 Å². The molecule has 1 amide bonds. The maximum Gasteiger partial charge on any atom is 0.251 e. The van der Waals surface area contributed by atoms with Crippen LogP contribution in [0.1, 0.15) is 34.3 Å². The average Bonchev–Trinajstić information content (AvgIpc) is 3.23. The van der Waals surface area contributed by atoms with E-state index in [4.69, 9.17) is 0 Å². The minimum atomic E-state index is 0.0226. The maximum atomic E-state index is 12.1. The Morgan fingerprint density at radius 2 is 2.00 bits per heavy atom. The number of carbonyl (C=O) groups excluding carboxylic acids is 1. The van der Waals surface area contributed by atoms with Gasteiger partial charge in [-0.15, -0.1) is 0 Å². The van der Waals surface area contributed by atoms with Gasteiger partial charge in [-0.25, -0.2) is 0 Å². The van der Waals surface area contributed by atoms with Crippen molar-refractivity contribution in [2.45, 2.75) is 32.7 Å². The number of nitrogens with one attached hydrogen (secondary N) is 1. The SMILES string of the molecule is Cc1cncc(-c2cc(C(=O)NC3CC3)ccc2C)c1. The first-order valence-corrected chi connectivity index (χ1v) is 6.97. The number of pyridine rings is 1. The summed E-state index contributed by atoms with van der Waals surface area (Å²) in [5.74, 6) is 0.0226. The third-order valence-corrected chi connectivity index (χ3v) is 3.60. The summed E-state index contributed by atoms with van der Waals surface area (Å²) in [6.07, 6.45) is 5.89. The summed E-state index contributed by atoms with van der Waals surface area (Å²) < 4.78 is 0. The Kier molecular flexibility index (Phi) is 3.26. The Hall–Kier alpha value is -2.16. The second kappa shape index (κ2) is 5.08. The predicted molar refractivity (Wildman–Crippen MR) is 79.6 cm³/mol. The highest BCUT2D eigenvalue weighted by atomic mass is 16.1. The van der Waals surface area contributed by atoms with Gasteiger partial charge in [0.2, 0.25) is 0 Å². The monoisotopic (exact) mass is 266 g/mol. The Labute approximate surface area is 119 Å². The lowest BCUT2D eigenvalue weighted by atomic mass is 9.98. The van der Waals surface area contributed by atoms with Crippen LogP contribution in [0.25, 0.3) is 11.1 Å². The van der Waals surface area contributed by atoms with E-state index in [1.807, 2.05) is 37.5 Å². The van der Waals surface area contributed by atoms with Crippen LogP contribution in [0.5, 0.6) is 0 Å². The van der Waals surface area contributed by atoms with E-state index < -0.39 is 0 Å². The molecule has 0 bridgehead atoms. The first-order chi connectivity index (χ1) is 9.63. The molecule has 20 heavy (non-hydrogen) atoms. The molecule has 0 spiro atoms. The summed E-state index contributed by atoms with van der Waals surface area (Å²) in [5, 5.41) is 3.03. The molecule has 1 N–H and O–H groups in total. The molecule has 1 aliphatic rings. The molecule has 0 saturated heterocycles. The van der Waals surface area contributed by atoms with Crippen LogP contribution in [0.4, 0.5) is 0 Å². The highest BCUT2D eigenvalue weighted by Crippen LogP contribution is 2.25. The molecular weight excluding hydrogens is 248 g/mol. The Morgan fingerprint density at radius 3 is 2.70 bits per heavy atom. The quantitative estimate of drug-likeness (QED) is 0.926. The lowest BCUT2D eigenvalue weighted by molar-refractivity contribution is 0.0951. The average molecular weight is 266 g/mol. The molecule has 0 aliphatic heterocycles. The summed E-state index contributed by atoms with van der Waals surface area (Å²) in [6, 6.07) is 8.33. The molecule has 0 radical (unpaired) electrons. The zero-order valence-corrected chi connectivity index (χ0v) is 11.8. The van der Waals surface area contributed by atoms with Gasteiger partial charge in [0.1, 0.15) is 0 Å². The molecule has 1 saturated carbocycles. The van der Waals surface area contributed by atoms with E-state index >= 15 is 0 Å². The molecule has 0 unspecified atom stereocenters. The highest BCUT2D eigenvalue weighted by Gasteiger charge is 2.24. The van der Waals surface area contributed by atoms with Crippen LogP contribution >= 0.6 is 0 Å². The number of aryl methyl sites for hydroxylation is 2. The van der Waals surface area contributed by atoms with Gasteiger partial charge in [0.15, 0.2) is 0 Å². The fraction of sp³-hybridized carbons (Fsp3) is 0.294. The van der Waals surface area contributed by atoms with Gasteiger partial charge in [0, 0.05) is 29.6 Å². The van der Waals surface area contributed by atoms with Gasteiger partial charge in [0.25, 0.3) is 5.91 Å². The summed E-state index contributed by atoms with van der Waals surface area (Å²) in [6.45, 7) is 4.08. The number of carbonyl (C=O) groups is 1. The molecule has 2 aromatic rings. The van der Waals surface area contributed by atoms with Gasteiger partial charge < -0.3 is 5.32 Å². The molecule has 102 valence electrons. The van der Waals surface area contributed by atoms with Crippen LogP contribution in [0.15, 0.2) is 36.7 Å². The number of amides is 1.